The molecule has 0 atom stereocenters. The predicted octanol–water partition coefficient (Wildman–Crippen LogP) is 14.9. The van der Waals surface area contributed by atoms with E-state index in [1.807, 2.05) is 0 Å². The fourth-order valence-electron chi connectivity index (χ4n) is 9.15. The van der Waals surface area contributed by atoms with Crippen molar-refractivity contribution < 1.29 is 4.74 Å². The Labute approximate surface area is 321 Å². The van der Waals surface area contributed by atoms with E-state index in [0.29, 0.717) is 0 Å². The third-order valence-electron chi connectivity index (χ3n) is 11.8. The SMILES string of the molecule is CC1(C)c2ccccc2-c2ccc(N(c3ccc4c(c3)-c3ccccc3-c3cc(-c5ccccc5)ccc3O4)c3cc4ccccc4c4ccccc34)cc21. The molecule has 9 aromatic carbocycles. The van der Waals surface area contributed by atoms with Crippen LogP contribution >= 0.6 is 0 Å². The Hall–Kier alpha value is -6.90. The molecule has 11 rings (SSSR count). The minimum atomic E-state index is -0.135. The van der Waals surface area contributed by atoms with Gasteiger partial charge < -0.3 is 9.64 Å². The van der Waals surface area contributed by atoms with Crippen LogP contribution in [-0.4, -0.2) is 0 Å². The molecule has 0 aromatic heterocycles. The molecule has 1 aliphatic carbocycles. The van der Waals surface area contributed by atoms with E-state index in [0.717, 1.165) is 50.8 Å². The lowest BCUT2D eigenvalue weighted by molar-refractivity contribution is 0.488. The average Bonchev–Trinajstić information content (AvgIpc) is 3.37. The molecule has 0 fully saturated rings. The number of hydrogen-bond donors (Lipinski definition) is 0. The number of anilines is 3. The van der Waals surface area contributed by atoms with Crippen molar-refractivity contribution in [3.8, 4) is 56.0 Å². The second-order valence-corrected chi connectivity index (χ2v) is 15.3. The summed E-state index contributed by atoms with van der Waals surface area (Å²) in [6.07, 6.45) is 0. The summed E-state index contributed by atoms with van der Waals surface area (Å²) in [5.41, 5.74) is 15.4. The lowest BCUT2D eigenvalue weighted by Gasteiger charge is -2.30. The van der Waals surface area contributed by atoms with Gasteiger partial charge in [0.2, 0.25) is 0 Å². The Morgan fingerprint density at radius 2 is 0.964 bits per heavy atom. The largest absolute Gasteiger partial charge is 0.456 e. The van der Waals surface area contributed by atoms with E-state index in [-0.39, 0.29) is 5.41 Å². The van der Waals surface area contributed by atoms with Gasteiger partial charge in [0.25, 0.3) is 0 Å². The number of fused-ring (bicyclic) bond motifs is 11. The van der Waals surface area contributed by atoms with Crippen LogP contribution in [0.5, 0.6) is 11.5 Å². The van der Waals surface area contributed by atoms with E-state index in [1.165, 1.54) is 54.9 Å². The van der Waals surface area contributed by atoms with Crippen LogP contribution in [0, 0.1) is 0 Å². The standard InChI is InChI=1S/C53H37NO/c1-53(2)48-23-13-12-21-43(48)44-27-25-38(33-49(44)53)54(50-31-36-16-6-7-17-39(36)40-18-10-11-22-45(40)50)37-26-29-52-47(32-37)42-20-9-8-19-41(42)46-30-35(24-28-51(46)55-52)34-14-4-3-5-15-34/h3-33H,1-2H3. The van der Waals surface area contributed by atoms with Gasteiger partial charge in [0.05, 0.1) is 5.69 Å². The number of hydrogen-bond acceptors (Lipinski definition) is 2. The van der Waals surface area contributed by atoms with Crippen molar-refractivity contribution in [1.82, 2.24) is 0 Å². The monoisotopic (exact) mass is 703 g/mol. The molecule has 1 heterocycles. The zero-order valence-electron chi connectivity index (χ0n) is 30.8. The van der Waals surface area contributed by atoms with Crippen LogP contribution in [0.15, 0.2) is 188 Å². The zero-order chi connectivity index (χ0) is 36.7. The summed E-state index contributed by atoms with van der Waals surface area (Å²) >= 11 is 0. The molecule has 0 N–H and O–H groups in total. The van der Waals surface area contributed by atoms with Gasteiger partial charge in [0, 0.05) is 33.3 Å². The summed E-state index contributed by atoms with van der Waals surface area (Å²) in [6, 6.07) is 68.4. The summed E-state index contributed by atoms with van der Waals surface area (Å²) in [6.45, 7) is 4.71. The van der Waals surface area contributed by atoms with E-state index in [1.54, 1.807) is 0 Å². The van der Waals surface area contributed by atoms with Gasteiger partial charge >= 0.3 is 0 Å². The Balaban J connectivity index is 1.14. The van der Waals surface area contributed by atoms with E-state index in [2.05, 4.69) is 207 Å². The number of ether oxygens (including phenoxy) is 1. The molecule has 260 valence electrons. The molecular formula is C53H37NO. The van der Waals surface area contributed by atoms with Gasteiger partial charge in [-0.2, -0.15) is 0 Å². The van der Waals surface area contributed by atoms with E-state index in [4.69, 9.17) is 4.74 Å². The first kappa shape index (κ1) is 31.6. The van der Waals surface area contributed by atoms with Crippen LogP contribution < -0.4 is 9.64 Å². The quantitative estimate of drug-likeness (QED) is 0.169. The van der Waals surface area contributed by atoms with Gasteiger partial charge in [0.15, 0.2) is 0 Å². The van der Waals surface area contributed by atoms with Gasteiger partial charge in [-0.3, -0.25) is 0 Å². The van der Waals surface area contributed by atoms with Crippen molar-refractivity contribution in [2.75, 3.05) is 4.90 Å². The van der Waals surface area contributed by atoms with Crippen LogP contribution in [0.1, 0.15) is 25.0 Å². The molecule has 0 radical (unpaired) electrons. The summed E-state index contributed by atoms with van der Waals surface area (Å²) in [5, 5.41) is 4.91. The Morgan fingerprint density at radius 3 is 1.76 bits per heavy atom. The molecule has 55 heavy (non-hydrogen) atoms. The van der Waals surface area contributed by atoms with Crippen LogP contribution in [0.3, 0.4) is 0 Å². The first-order chi connectivity index (χ1) is 27.0. The second kappa shape index (κ2) is 12.1. The topological polar surface area (TPSA) is 12.5 Å². The highest BCUT2D eigenvalue weighted by molar-refractivity contribution is 6.14. The summed E-state index contributed by atoms with van der Waals surface area (Å²) < 4.78 is 6.85. The fourth-order valence-corrected chi connectivity index (χ4v) is 9.15. The van der Waals surface area contributed by atoms with Crippen LogP contribution in [0.4, 0.5) is 17.1 Å². The van der Waals surface area contributed by atoms with Crippen LogP contribution in [-0.2, 0) is 5.41 Å². The third kappa shape index (κ3) is 4.88. The smallest absolute Gasteiger partial charge is 0.135 e. The van der Waals surface area contributed by atoms with Crippen molar-refractivity contribution in [1.29, 1.82) is 0 Å². The molecule has 1 aliphatic heterocycles. The summed E-state index contributed by atoms with van der Waals surface area (Å²) in [5.74, 6) is 1.70. The highest BCUT2D eigenvalue weighted by atomic mass is 16.5. The molecule has 0 spiro atoms. The minimum Gasteiger partial charge on any atom is -0.456 e. The molecule has 0 amide bonds. The highest BCUT2D eigenvalue weighted by Gasteiger charge is 2.36. The maximum absolute atomic E-state index is 6.85. The molecule has 0 bridgehead atoms. The predicted molar refractivity (Wildman–Crippen MR) is 230 cm³/mol. The Kier molecular flexibility index (Phi) is 6.93. The van der Waals surface area contributed by atoms with Gasteiger partial charge in [-0.05, 0) is 109 Å². The summed E-state index contributed by atoms with van der Waals surface area (Å²) in [7, 11) is 0. The average molecular weight is 704 g/mol. The normalized spacial score (nSPS) is 13.2. The molecule has 0 saturated carbocycles. The van der Waals surface area contributed by atoms with E-state index < -0.39 is 0 Å². The van der Waals surface area contributed by atoms with Crippen molar-refractivity contribution in [2.24, 2.45) is 0 Å². The minimum absolute atomic E-state index is 0.135. The van der Waals surface area contributed by atoms with Crippen molar-refractivity contribution in [2.45, 2.75) is 19.3 Å². The molecule has 9 aromatic rings. The molecule has 0 unspecified atom stereocenters. The van der Waals surface area contributed by atoms with E-state index >= 15 is 0 Å². The van der Waals surface area contributed by atoms with Gasteiger partial charge in [-0.15, -0.1) is 0 Å². The Bertz CT molecular complexity index is 2990. The molecule has 2 heteroatoms. The number of rotatable bonds is 4. The van der Waals surface area contributed by atoms with Crippen molar-refractivity contribution in [3.63, 3.8) is 0 Å². The zero-order valence-corrected chi connectivity index (χ0v) is 30.8. The van der Waals surface area contributed by atoms with Crippen molar-refractivity contribution in [3.05, 3.63) is 199 Å². The van der Waals surface area contributed by atoms with Crippen LogP contribution in [0.25, 0.3) is 66.1 Å². The van der Waals surface area contributed by atoms with E-state index in [9.17, 15) is 0 Å². The van der Waals surface area contributed by atoms with Gasteiger partial charge in [0.1, 0.15) is 11.5 Å². The summed E-state index contributed by atoms with van der Waals surface area (Å²) in [4.78, 5) is 2.46. The number of nitrogens with zero attached hydrogens (tertiary/aromatic N) is 1. The third-order valence-corrected chi connectivity index (χ3v) is 11.8. The van der Waals surface area contributed by atoms with Gasteiger partial charge in [-0.1, -0.05) is 153 Å². The highest BCUT2D eigenvalue weighted by Crippen LogP contribution is 2.53. The maximum atomic E-state index is 6.85. The number of benzene rings is 9. The second-order valence-electron chi connectivity index (χ2n) is 15.3. The molecule has 0 saturated heterocycles. The van der Waals surface area contributed by atoms with Crippen LogP contribution in [0.2, 0.25) is 0 Å². The lowest BCUT2D eigenvalue weighted by atomic mass is 9.82. The first-order valence-corrected chi connectivity index (χ1v) is 19.1. The molecular weight excluding hydrogens is 667 g/mol. The maximum Gasteiger partial charge on any atom is 0.135 e. The molecule has 2 aliphatic rings. The lowest BCUT2D eigenvalue weighted by Crippen LogP contribution is -2.16. The molecule has 2 nitrogen and oxygen atoms in total. The van der Waals surface area contributed by atoms with Gasteiger partial charge in [-0.25, -0.2) is 0 Å². The fraction of sp³-hybridized carbons (Fsp3) is 0.0566. The Morgan fingerprint density at radius 1 is 0.382 bits per heavy atom. The first-order valence-electron chi connectivity index (χ1n) is 19.1. The van der Waals surface area contributed by atoms with Crippen molar-refractivity contribution >= 4 is 38.6 Å².